The van der Waals surface area contributed by atoms with Crippen LogP contribution in [0.3, 0.4) is 0 Å². The zero-order valence-corrected chi connectivity index (χ0v) is 16.4. The Bertz CT molecular complexity index is 697. The van der Waals surface area contributed by atoms with Crippen LogP contribution in [0.25, 0.3) is 0 Å². The molecule has 2 aromatic rings. The lowest BCUT2D eigenvalue weighted by molar-refractivity contribution is 0.0797. The molecule has 0 spiro atoms. The van der Waals surface area contributed by atoms with Gasteiger partial charge in [0.25, 0.3) is 0 Å². The Morgan fingerprint density at radius 2 is 1.58 bits per heavy atom. The standard InChI is InChI=1S/C21H29O2P/c1-6-21(7-2,17-14-15(3)12-13-18(17)22)24-19-11-9-8-10-16(19)20(4,5)23/h8-14,22-24H,6-7H2,1-5H3. The molecule has 2 N–H and O–H groups in total. The third-order valence-electron chi connectivity index (χ3n) is 4.83. The van der Waals surface area contributed by atoms with E-state index in [1.807, 2.05) is 38.1 Å². The second kappa shape index (κ2) is 7.25. The summed E-state index contributed by atoms with van der Waals surface area (Å²) in [4.78, 5) is 0. The Balaban J connectivity index is 2.56. The van der Waals surface area contributed by atoms with Crippen molar-refractivity contribution in [1.29, 1.82) is 0 Å². The summed E-state index contributed by atoms with van der Waals surface area (Å²) in [5.41, 5.74) is 2.29. The molecule has 3 heteroatoms. The van der Waals surface area contributed by atoms with Crippen LogP contribution in [-0.4, -0.2) is 10.2 Å². The highest BCUT2D eigenvalue weighted by atomic mass is 31.1. The van der Waals surface area contributed by atoms with Gasteiger partial charge in [-0.05, 0) is 50.5 Å². The van der Waals surface area contributed by atoms with Crippen LogP contribution in [0.15, 0.2) is 42.5 Å². The second-order valence-corrected chi connectivity index (χ2v) is 8.79. The SMILES string of the molecule is CCC(CC)(Pc1ccccc1C(C)(C)O)c1cc(C)ccc1O. The number of hydrogen-bond acceptors (Lipinski definition) is 2. The van der Waals surface area contributed by atoms with Crippen molar-refractivity contribution in [3.05, 3.63) is 59.2 Å². The lowest BCUT2D eigenvalue weighted by Gasteiger charge is -2.35. The molecule has 0 saturated carbocycles. The zero-order chi connectivity index (χ0) is 18.0. The summed E-state index contributed by atoms with van der Waals surface area (Å²) in [5.74, 6) is 0.373. The average Bonchev–Trinajstić information content (AvgIpc) is 2.54. The third-order valence-corrected chi connectivity index (χ3v) is 7.00. The topological polar surface area (TPSA) is 40.5 Å². The van der Waals surface area contributed by atoms with E-state index in [-0.39, 0.29) is 5.16 Å². The summed E-state index contributed by atoms with van der Waals surface area (Å²) < 4.78 is 0. The summed E-state index contributed by atoms with van der Waals surface area (Å²) in [5, 5.41) is 22.1. The quantitative estimate of drug-likeness (QED) is 0.728. The Hall–Kier alpha value is -1.37. The molecule has 0 aromatic heterocycles. The van der Waals surface area contributed by atoms with Crippen molar-refractivity contribution in [1.82, 2.24) is 0 Å². The Kier molecular flexibility index (Phi) is 5.73. The van der Waals surface area contributed by atoms with E-state index in [1.54, 1.807) is 6.07 Å². The van der Waals surface area contributed by atoms with Gasteiger partial charge in [0, 0.05) is 10.7 Å². The van der Waals surface area contributed by atoms with E-state index in [9.17, 15) is 10.2 Å². The predicted molar refractivity (Wildman–Crippen MR) is 105 cm³/mol. The molecule has 1 unspecified atom stereocenters. The number of hydrogen-bond donors (Lipinski definition) is 2. The van der Waals surface area contributed by atoms with Gasteiger partial charge in [0.1, 0.15) is 5.75 Å². The molecule has 2 nitrogen and oxygen atoms in total. The number of phenols is 1. The maximum atomic E-state index is 10.5. The minimum Gasteiger partial charge on any atom is -0.508 e. The average molecular weight is 344 g/mol. The molecule has 0 bridgehead atoms. The molecule has 0 heterocycles. The number of aromatic hydroxyl groups is 1. The number of phenolic OH excluding ortho intramolecular Hbond substituents is 1. The van der Waals surface area contributed by atoms with Crippen LogP contribution < -0.4 is 5.30 Å². The van der Waals surface area contributed by atoms with Crippen LogP contribution in [0.5, 0.6) is 5.75 Å². The Morgan fingerprint density at radius 3 is 2.17 bits per heavy atom. The number of benzene rings is 2. The molecule has 0 aliphatic rings. The minimum atomic E-state index is -0.870. The first kappa shape index (κ1) is 19.0. The van der Waals surface area contributed by atoms with Crippen LogP contribution in [0.1, 0.15) is 57.2 Å². The fourth-order valence-corrected chi connectivity index (χ4v) is 5.20. The molecular weight excluding hydrogens is 315 g/mol. The van der Waals surface area contributed by atoms with E-state index >= 15 is 0 Å². The van der Waals surface area contributed by atoms with E-state index in [2.05, 4.69) is 32.9 Å². The molecule has 1 atom stereocenters. The van der Waals surface area contributed by atoms with Crippen molar-refractivity contribution >= 4 is 13.9 Å². The van der Waals surface area contributed by atoms with E-state index < -0.39 is 5.60 Å². The maximum Gasteiger partial charge on any atom is 0.119 e. The molecule has 0 aliphatic heterocycles. The first-order chi connectivity index (χ1) is 11.2. The number of rotatable bonds is 6. The van der Waals surface area contributed by atoms with E-state index in [0.717, 1.165) is 29.5 Å². The molecule has 2 aromatic carbocycles. The Labute approximate surface area is 147 Å². The molecule has 0 aliphatic carbocycles. The molecule has 0 radical (unpaired) electrons. The first-order valence-electron chi connectivity index (χ1n) is 8.63. The van der Waals surface area contributed by atoms with Gasteiger partial charge in [-0.1, -0.05) is 64.4 Å². The van der Waals surface area contributed by atoms with E-state index in [0.29, 0.717) is 14.3 Å². The summed E-state index contributed by atoms with van der Waals surface area (Å²) in [6.07, 6.45) is 1.89. The van der Waals surface area contributed by atoms with Gasteiger partial charge in [0.15, 0.2) is 0 Å². The molecule has 0 amide bonds. The summed E-state index contributed by atoms with van der Waals surface area (Å²) in [7, 11) is 0.488. The van der Waals surface area contributed by atoms with Crippen molar-refractivity contribution in [3.63, 3.8) is 0 Å². The lowest BCUT2D eigenvalue weighted by atomic mass is 9.90. The van der Waals surface area contributed by atoms with Crippen LogP contribution in [-0.2, 0) is 10.8 Å². The summed E-state index contributed by atoms with van der Waals surface area (Å²) in [6.45, 7) is 10.1. The normalized spacial score (nSPS) is 12.9. The third kappa shape index (κ3) is 3.82. The van der Waals surface area contributed by atoms with Gasteiger partial charge < -0.3 is 10.2 Å². The van der Waals surface area contributed by atoms with Crippen LogP contribution in [0.2, 0.25) is 0 Å². The van der Waals surface area contributed by atoms with Crippen molar-refractivity contribution < 1.29 is 10.2 Å². The molecule has 24 heavy (non-hydrogen) atoms. The largest absolute Gasteiger partial charge is 0.508 e. The molecule has 0 fully saturated rings. The zero-order valence-electron chi connectivity index (χ0n) is 15.4. The minimum absolute atomic E-state index is 0.114. The highest BCUT2D eigenvalue weighted by molar-refractivity contribution is 7.48. The molecular formula is C21H29O2P. The smallest absolute Gasteiger partial charge is 0.119 e. The van der Waals surface area contributed by atoms with Crippen molar-refractivity contribution in [2.75, 3.05) is 0 Å². The van der Waals surface area contributed by atoms with Gasteiger partial charge in [-0.15, -0.1) is 0 Å². The van der Waals surface area contributed by atoms with Crippen LogP contribution in [0.4, 0.5) is 0 Å². The molecule has 0 saturated heterocycles. The van der Waals surface area contributed by atoms with Crippen molar-refractivity contribution in [2.45, 2.75) is 58.2 Å². The van der Waals surface area contributed by atoms with E-state index in [1.165, 1.54) is 5.30 Å². The van der Waals surface area contributed by atoms with Gasteiger partial charge in [-0.3, -0.25) is 0 Å². The fraction of sp³-hybridized carbons (Fsp3) is 0.429. The molecule has 130 valence electrons. The summed E-state index contributed by atoms with van der Waals surface area (Å²) in [6, 6.07) is 14.0. The highest BCUT2D eigenvalue weighted by Crippen LogP contribution is 2.50. The summed E-state index contributed by atoms with van der Waals surface area (Å²) >= 11 is 0. The van der Waals surface area contributed by atoms with Gasteiger partial charge >= 0.3 is 0 Å². The first-order valence-corrected chi connectivity index (χ1v) is 9.63. The van der Waals surface area contributed by atoms with Crippen LogP contribution >= 0.6 is 8.58 Å². The van der Waals surface area contributed by atoms with Gasteiger partial charge in [-0.2, -0.15) is 0 Å². The van der Waals surface area contributed by atoms with Gasteiger partial charge in [0.2, 0.25) is 0 Å². The maximum absolute atomic E-state index is 10.5. The highest BCUT2D eigenvalue weighted by Gasteiger charge is 2.33. The lowest BCUT2D eigenvalue weighted by Crippen LogP contribution is -2.28. The number of aliphatic hydroxyl groups is 1. The fourth-order valence-electron chi connectivity index (χ4n) is 3.29. The van der Waals surface area contributed by atoms with Crippen LogP contribution in [0, 0.1) is 6.92 Å². The van der Waals surface area contributed by atoms with Crippen molar-refractivity contribution in [2.24, 2.45) is 0 Å². The monoisotopic (exact) mass is 344 g/mol. The number of aryl methyl sites for hydroxylation is 1. The second-order valence-electron chi connectivity index (χ2n) is 7.04. The van der Waals surface area contributed by atoms with E-state index in [4.69, 9.17) is 0 Å². The Morgan fingerprint density at radius 1 is 0.958 bits per heavy atom. The molecule has 2 rings (SSSR count). The predicted octanol–water partition coefficient (Wildman–Crippen LogP) is 4.95. The van der Waals surface area contributed by atoms with Gasteiger partial charge in [0.05, 0.1) is 5.60 Å². The van der Waals surface area contributed by atoms with Crippen molar-refractivity contribution in [3.8, 4) is 5.75 Å². The van der Waals surface area contributed by atoms with Gasteiger partial charge in [-0.25, -0.2) is 0 Å².